The lowest BCUT2D eigenvalue weighted by atomic mass is 9.68. The van der Waals surface area contributed by atoms with E-state index in [9.17, 15) is 9.18 Å². The Kier molecular flexibility index (Phi) is 3.83. The van der Waals surface area contributed by atoms with E-state index >= 15 is 0 Å². The van der Waals surface area contributed by atoms with Gasteiger partial charge in [0.25, 0.3) is 5.91 Å². The summed E-state index contributed by atoms with van der Waals surface area (Å²) >= 11 is 0. The number of halogens is 1. The van der Waals surface area contributed by atoms with Crippen LogP contribution in [0.3, 0.4) is 0 Å². The van der Waals surface area contributed by atoms with E-state index in [-0.39, 0.29) is 17.3 Å². The van der Waals surface area contributed by atoms with Crippen LogP contribution in [0.5, 0.6) is 0 Å². The molecule has 1 aliphatic heterocycles. The normalized spacial score (nSPS) is 21.5. The Bertz CT molecular complexity index is 530. The van der Waals surface area contributed by atoms with E-state index in [0.29, 0.717) is 5.41 Å². The number of piperidine rings is 1. The van der Waals surface area contributed by atoms with Crippen LogP contribution < -0.4 is 5.73 Å². The second kappa shape index (κ2) is 5.62. The summed E-state index contributed by atoms with van der Waals surface area (Å²) in [4.78, 5) is 17.9. The highest BCUT2D eigenvalue weighted by atomic mass is 19.1. The fourth-order valence-electron chi connectivity index (χ4n) is 3.78. The van der Waals surface area contributed by atoms with Crippen LogP contribution >= 0.6 is 0 Å². The number of carbonyl (C=O) groups is 1. The Balaban J connectivity index is 1.69. The standard InChI is InChI=1S/C16H22FN3O/c17-13-12(4-9-19-14(13)18)15(21)20-10-7-16(8-11-20)5-2-1-3-6-16/h4,9H,1-3,5-8,10-11H2,(H2,18,19). The highest BCUT2D eigenvalue weighted by Gasteiger charge is 2.37. The lowest BCUT2D eigenvalue weighted by molar-refractivity contribution is 0.0468. The molecular weight excluding hydrogens is 269 g/mol. The summed E-state index contributed by atoms with van der Waals surface area (Å²) in [6.07, 6.45) is 10.00. The number of nitrogens with two attached hydrogens (primary N) is 1. The molecule has 0 radical (unpaired) electrons. The zero-order valence-electron chi connectivity index (χ0n) is 12.3. The first kappa shape index (κ1) is 14.3. The highest BCUT2D eigenvalue weighted by Crippen LogP contribution is 2.44. The van der Waals surface area contributed by atoms with Gasteiger partial charge in [0.1, 0.15) is 0 Å². The van der Waals surface area contributed by atoms with Gasteiger partial charge in [-0.1, -0.05) is 19.3 Å². The molecule has 1 aromatic rings. The smallest absolute Gasteiger partial charge is 0.257 e. The van der Waals surface area contributed by atoms with Gasteiger partial charge < -0.3 is 10.6 Å². The molecule has 3 rings (SSSR count). The molecule has 21 heavy (non-hydrogen) atoms. The second-order valence-electron chi connectivity index (χ2n) is 6.41. The van der Waals surface area contributed by atoms with E-state index in [2.05, 4.69) is 4.98 Å². The molecule has 2 aliphatic rings. The predicted molar refractivity (Wildman–Crippen MR) is 79.3 cm³/mol. The number of aromatic nitrogens is 1. The maximum atomic E-state index is 13.9. The number of likely N-dealkylation sites (tertiary alicyclic amines) is 1. The van der Waals surface area contributed by atoms with Crippen molar-refractivity contribution in [1.29, 1.82) is 0 Å². The van der Waals surface area contributed by atoms with Crippen molar-refractivity contribution in [2.45, 2.75) is 44.9 Å². The van der Waals surface area contributed by atoms with Crippen molar-refractivity contribution in [1.82, 2.24) is 9.88 Å². The zero-order valence-corrected chi connectivity index (χ0v) is 12.3. The maximum Gasteiger partial charge on any atom is 0.257 e. The van der Waals surface area contributed by atoms with E-state index in [1.807, 2.05) is 0 Å². The molecule has 1 aliphatic carbocycles. The minimum absolute atomic E-state index is 0.0436. The van der Waals surface area contributed by atoms with E-state index in [1.165, 1.54) is 44.4 Å². The molecule has 0 bridgehead atoms. The summed E-state index contributed by atoms with van der Waals surface area (Å²) in [6.45, 7) is 1.45. The maximum absolute atomic E-state index is 13.9. The van der Waals surface area contributed by atoms with Crippen LogP contribution in [0.4, 0.5) is 10.2 Å². The summed E-state index contributed by atoms with van der Waals surface area (Å²) in [7, 11) is 0. The summed E-state index contributed by atoms with van der Waals surface area (Å²) in [5, 5.41) is 0. The molecule has 1 saturated heterocycles. The van der Waals surface area contributed by atoms with Crippen molar-refractivity contribution in [2.75, 3.05) is 18.8 Å². The lowest BCUT2D eigenvalue weighted by Gasteiger charge is -2.44. The number of rotatable bonds is 1. The number of anilines is 1. The van der Waals surface area contributed by atoms with Crippen molar-refractivity contribution < 1.29 is 9.18 Å². The average molecular weight is 291 g/mol. The van der Waals surface area contributed by atoms with E-state index in [0.717, 1.165) is 25.9 Å². The molecule has 1 amide bonds. The van der Waals surface area contributed by atoms with Crippen LogP contribution in [0.1, 0.15) is 55.3 Å². The molecular formula is C16H22FN3O. The van der Waals surface area contributed by atoms with Crippen molar-refractivity contribution >= 4 is 11.7 Å². The van der Waals surface area contributed by atoms with Crippen molar-refractivity contribution in [2.24, 2.45) is 5.41 Å². The molecule has 0 atom stereocenters. The summed E-state index contributed by atoms with van der Waals surface area (Å²) in [5.74, 6) is -1.16. The molecule has 4 nitrogen and oxygen atoms in total. The molecule has 5 heteroatoms. The lowest BCUT2D eigenvalue weighted by Crippen LogP contribution is -2.44. The van der Waals surface area contributed by atoms with Gasteiger partial charge in [-0.3, -0.25) is 4.79 Å². The van der Waals surface area contributed by atoms with Crippen LogP contribution in [0.2, 0.25) is 0 Å². The Morgan fingerprint density at radius 3 is 2.52 bits per heavy atom. The molecule has 2 N–H and O–H groups in total. The van der Waals surface area contributed by atoms with Crippen LogP contribution in [0.15, 0.2) is 12.3 Å². The van der Waals surface area contributed by atoms with Gasteiger partial charge in [0.05, 0.1) is 5.56 Å². The van der Waals surface area contributed by atoms with E-state index in [4.69, 9.17) is 5.73 Å². The third-order valence-corrected chi connectivity index (χ3v) is 5.17. The fourth-order valence-corrected chi connectivity index (χ4v) is 3.78. The SMILES string of the molecule is Nc1nccc(C(=O)N2CCC3(CCCCC3)CC2)c1F. The van der Waals surface area contributed by atoms with Gasteiger partial charge in [-0.05, 0) is 37.2 Å². The number of nitrogen functional groups attached to an aromatic ring is 1. The Morgan fingerprint density at radius 1 is 1.19 bits per heavy atom. The average Bonchev–Trinajstić information content (AvgIpc) is 2.51. The van der Waals surface area contributed by atoms with E-state index in [1.54, 1.807) is 4.90 Å². The Labute approximate surface area is 124 Å². The fraction of sp³-hybridized carbons (Fsp3) is 0.625. The summed E-state index contributed by atoms with van der Waals surface area (Å²) < 4.78 is 13.9. The number of pyridine rings is 1. The third-order valence-electron chi connectivity index (χ3n) is 5.17. The molecule has 114 valence electrons. The van der Waals surface area contributed by atoms with Gasteiger partial charge in [0.2, 0.25) is 0 Å². The molecule has 2 heterocycles. The number of amides is 1. The molecule has 0 aromatic carbocycles. The Hall–Kier alpha value is -1.65. The monoisotopic (exact) mass is 291 g/mol. The molecule has 0 unspecified atom stereocenters. The first-order valence-electron chi connectivity index (χ1n) is 7.81. The highest BCUT2D eigenvalue weighted by molar-refractivity contribution is 5.95. The zero-order chi connectivity index (χ0) is 14.9. The first-order chi connectivity index (χ1) is 10.1. The number of hydrogen-bond donors (Lipinski definition) is 1. The van der Waals surface area contributed by atoms with Gasteiger partial charge in [0, 0.05) is 19.3 Å². The quantitative estimate of drug-likeness (QED) is 0.865. The van der Waals surface area contributed by atoms with Gasteiger partial charge in [-0.25, -0.2) is 9.37 Å². The largest absolute Gasteiger partial charge is 0.381 e. The minimum atomic E-state index is -0.694. The van der Waals surface area contributed by atoms with Crippen LogP contribution in [0, 0.1) is 11.2 Å². The van der Waals surface area contributed by atoms with Crippen LogP contribution in [-0.4, -0.2) is 28.9 Å². The number of carbonyl (C=O) groups excluding carboxylic acids is 1. The molecule has 1 spiro atoms. The predicted octanol–water partition coefficient (Wildman–Crippen LogP) is 2.99. The van der Waals surface area contributed by atoms with Crippen molar-refractivity contribution in [3.63, 3.8) is 0 Å². The minimum Gasteiger partial charge on any atom is -0.381 e. The molecule has 2 fully saturated rings. The first-order valence-corrected chi connectivity index (χ1v) is 7.81. The van der Waals surface area contributed by atoms with Gasteiger partial charge in [-0.15, -0.1) is 0 Å². The summed E-state index contributed by atoms with van der Waals surface area (Å²) in [6, 6.07) is 1.42. The van der Waals surface area contributed by atoms with E-state index < -0.39 is 5.82 Å². The molecule has 1 aromatic heterocycles. The van der Waals surface area contributed by atoms with Crippen molar-refractivity contribution in [3.05, 3.63) is 23.6 Å². The Morgan fingerprint density at radius 2 is 1.86 bits per heavy atom. The molecule has 1 saturated carbocycles. The van der Waals surface area contributed by atoms with Gasteiger partial charge in [-0.2, -0.15) is 0 Å². The van der Waals surface area contributed by atoms with Crippen molar-refractivity contribution in [3.8, 4) is 0 Å². The summed E-state index contributed by atoms with van der Waals surface area (Å²) in [5.41, 5.74) is 5.92. The van der Waals surface area contributed by atoms with Gasteiger partial charge in [0.15, 0.2) is 11.6 Å². The second-order valence-corrected chi connectivity index (χ2v) is 6.41. The topological polar surface area (TPSA) is 59.2 Å². The number of hydrogen-bond acceptors (Lipinski definition) is 3. The third kappa shape index (κ3) is 2.74. The van der Waals surface area contributed by atoms with Crippen LogP contribution in [-0.2, 0) is 0 Å². The van der Waals surface area contributed by atoms with Gasteiger partial charge >= 0.3 is 0 Å². The number of nitrogens with zero attached hydrogens (tertiary/aromatic N) is 2. The van der Waals surface area contributed by atoms with Crippen LogP contribution in [0.25, 0.3) is 0 Å².